The Morgan fingerprint density at radius 3 is 2.60 bits per heavy atom. The number of amides is 1. The molecular weight excluding hydrogens is 380 g/mol. The van der Waals surface area contributed by atoms with E-state index in [-0.39, 0.29) is 18.6 Å². The predicted octanol–water partition coefficient (Wildman–Crippen LogP) is 2.59. The van der Waals surface area contributed by atoms with Gasteiger partial charge in [-0.1, -0.05) is 30.3 Å². The molecule has 162 valence electrons. The highest BCUT2D eigenvalue weighted by atomic mass is 16.5. The van der Waals surface area contributed by atoms with E-state index in [1.807, 2.05) is 62.4 Å². The molecule has 0 heterocycles. The van der Waals surface area contributed by atoms with Gasteiger partial charge in [-0.15, -0.1) is 0 Å². The first-order valence-corrected chi connectivity index (χ1v) is 9.97. The Morgan fingerprint density at radius 1 is 1.13 bits per heavy atom. The van der Waals surface area contributed by atoms with Crippen molar-refractivity contribution in [2.24, 2.45) is 4.99 Å². The van der Waals surface area contributed by atoms with Gasteiger partial charge in [-0.05, 0) is 43.2 Å². The summed E-state index contributed by atoms with van der Waals surface area (Å²) in [4.78, 5) is 17.4. The summed E-state index contributed by atoms with van der Waals surface area (Å²) in [6, 6.07) is 15.6. The average molecular weight is 413 g/mol. The number of benzene rings is 2. The Balaban J connectivity index is 1.80. The smallest absolute Gasteiger partial charge is 0.259 e. The summed E-state index contributed by atoms with van der Waals surface area (Å²) < 4.78 is 11.6. The minimum Gasteiger partial charge on any atom is -0.489 e. The van der Waals surface area contributed by atoms with Gasteiger partial charge in [0.05, 0.1) is 6.54 Å². The zero-order valence-corrected chi connectivity index (χ0v) is 18.4. The van der Waals surface area contributed by atoms with Crippen LogP contribution in [0.2, 0.25) is 0 Å². The molecule has 2 aromatic carbocycles. The monoisotopic (exact) mass is 412 g/mol. The van der Waals surface area contributed by atoms with Gasteiger partial charge in [0, 0.05) is 27.7 Å². The van der Waals surface area contributed by atoms with Crippen LogP contribution in [0.3, 0.4) is 0 Å². The van der Waals surface area contributed by atoms with E-state index in [0.717, 1.165) is 16.9 Å². The van der Waals surface area contributed by atoms with Crippen LogP contribution in [0.25, 0.3) is 0 Å². The van der Waals surface area contributed by atoms with Crippen molar-refractivity contribution < 1.29 is 14.3 Å². The van der Waals surface area contributed by atoms with Gasteiger partial charge in [-0.2, -0.15) is 0 Å². The van der Waals surface area contributed by atoms with Gasteiger partial charge >= 0.3 is 0 Å². The topological polar surface area (TPSA) is 75.2 Å². The number of carbonyl (C=O) groups excluding carboxylic acids is 1. The van der Waals surface area contributed by atoms with Gasteiger partial charge < -0.3 is 25.0 Å². The van der Waals surface area contributed by atoms with E-state index in [0.29, 0.717) is 24.8 Å². The number of guanidine groups is 1. The Hall–Kier alpha value is -3.22. The number of carbonyl (C=O) groups is 1. The summed E-state index contributed by atoms with van der Waals surface area (Å²) in [5.41, 5.74) is 2.14. The third-order valence-electron chi connectivity index (χ3n) is 4.42. The van der Waals surface area contributed by atoms with Gasteiger partial charge in [-0.3, -0.25) is 9.79 Å². The fourth-order valence-electron chi connectivity index (χ4n) is 2.61. The third kappa shape index (κ3) is 7.66. The predicted molar refractivity (Wildman–Crippen MR) is 120 cm³/mol. The first-order valence-electron chi connectivity index (χ1n) is 9.97. The summed E-state index contributed by atoms with van der Waals surface area (Å²) in [5.74, 6) is 2.15. The molecule has 1 unspecified atom stereocenters. The fraction of sp³-hybridized carbons (Fsp3) is 0.391. The van der Waals surface area contributed by atoms with Crippen molar-refractivity contribution in [3.63, 3.8) is 0 Å². The van der Waals surface area contributed by atoms with Crippen LogP contribution < -0.4 is 20.1 Å². The Kier molecular flexibility index (Phi) is 9.00. The molecule has 1 amide bonds. The molecule has 2 N–H and O–H groups in total. The van der Waals surface area contributed by atoms with Gasteiger partial charge in [0.15, 0.2) is 12.6 Å². The maximum atomic E-state index is 11.7. The lowest BCUT2D eigenvalue weighted by molar-refractivity contribution is -0.130. The van der Waals surface area contributed by atoms with Crippen LogP contribution in [0.4, 0.5) is 0 Å². The molecule has 0 fully saturated rings. The van der Waals surface area contributed by atoms with E-state index in [2.05, 4.69) is 15.6 Å². The van der Waals surface area contributed by atoms with Gasteiger partial charge in [0.2, 0.25) is 0 Å². The minimum absolute atomic E-state index is 0.0180. The zero-order chi connectivity index (χ0) is 21.9. The number of rotatable bonds is 9. The molecule has 0 aliphatic heterocycles. The van der Waals surface area contributed by atoms with Crippen molar-refractivity contribution in [1.29, 1.82) is 0 Å². The van der Waals surface area contributed by atoms with E-state index < -0.39 is 0 Å². The summed E-state index contributed by atoms with van der Waals surface area (Å²) in [5, 5.41) is 6.56. The molecule has 0 aliphatic carbocycles. The molecule has 7 heteroatoms. The van der Waals surface area contributed by atoms with E-state index >= 15 is 0 Å². The molecule has 0 radical (unpaired) electrons. The molecule has 2 rings (SSSR count). The van der Waals surface area contributed by atoms with Crippen LogP contribution in [0.15, 0.2) is 53.5 Å². The van der Waals surface area contributed by atoms with Crippen molar-refractivity contribution in [2.75, 3.05) is 34.3 Å². The number of aliphatic imine (C=N–C) groups is 1. The summed E-state index contributed by atoms with van der Waals surface area (Å²) in [6.45, 7) is 5.26. The number of nitrogens with zero attached hydrogens (tertiary/aromatic N) is 2. The maximum absolute atomic E-state index is 11.7. The molecule has 0 bridgehead atoms. The molecule has 7 nitrogen and oxygen atoms in total. The second-order valence-electron chi connectivity index (χ2n) is 7.22. The normalized spacial score (nSPS) is 12.1. The SMILES string of the molecule is CN=C(NCc1cccc(OCC(=O)N(C)C)c1)NCC(C)Oc1ccccc1C. The quantitative estimate of drug-likeness (QED) is 0.489. The standard InChI is InChI=1S/C23H32N4O3/c1-17-9-6-7-12-21(17)30-18(2)14-25-23(24-3)26-15-19-10-8-11-20(13-19)29-16-22(28)27(4)5/h6-13,18H,14-16H2,1-5H3,(H2,24,25,26). The zero-order valence-electron chi connectivity index (χ0n) is 18.4. The second-order valence-corrected chi connectivity index (χ2v) is 7.22. The Labute approximate surface area is 179 Å². The number of hydrogen-bond donors (Lipinski definition) is 2. The summed E-state index contributed by atoms with van der Waals surface area (Å²) in [6.07, 6.45) is -0.0180. The number of ether oxygens (including phenoxy) is 2. The maximum Gasteiger partial charge on any atom is 0.259 e. The molecule has 30 heavy (non-hydrogen) atoms. The van der Waals surface area contributed by atoms with Crippen molar-refractivity contribution in [3.8, 4) is 11.5 Å². The lowest BCUT2D eigenvalue weighted by atomic mass is 10.2. The fourth-order valence-corrected chi connectivity index (χ4v) is 2.61. The van der Waals surface area contributed by atoms with Crippen LogP contribution >= 0.6 is 0 Å². The highest BCUT2D eigenvalue weighted by Crippen LogP contribution is 2.17. The van der Waals surface area contributed by atoms with Crippen molar-refractivity contribution in [1.82, 2.24) is 15.5 Å². The Bertz CT molecular complexity index is 852. The Morgan fingerprint density at radius 2 is 1.90 bits per heavy atom. The van der Waals surface area contributed by atoms with Crippen LogP contribution in [0, 0.1) is 6.92 Å². The third-order valence-corrected chi connectivity index (χ3v) is 4.42. The van der Waals surface area contributed by atoms with Crippen LogP contribution in [0.5, 0.6) is 11.5 Å². The number of aryl methyl sites for hydroxylation is 1. The number of hydrogen-bond acceptors (Lipinski definition) is 4. The highest BCUT2D eigenvalue weighted by molar-refractivity contribution is 5.79. The number of likely N-dealkylation sites (N-methyl/N-ethyl adjacent to an activating group) is 1. The van der Waals surface area contributed by atoms with Gasteiger partial charge in [0.25, 0.3) is 5.91 Å². The van der Waals surface area contributed by atoms with Crippen molar-refractivity contribution in [3.05, 3.63) is 59.7 Å². The molecule has 0 saturated carbocycles. The molecular formula is C23H32N4O3. The van der Waals surface area contributed by atoms with Crippen molar-refractivity contribution >= 4 is 11.9 Å². The van der Waals surface area contributed by atoms with Gasteiger partial charge in [0.1, 0.15) is 17.6 Å². The van der Waals surface area contributed by atoms with Gasteiger partial charge in [-0.25, -0.2) is 0 Å². The first kappa shape index (κ1) is 23.1. The highest BCUT2D eigenvalue weighted by Gasteiger charge is 2.08. The molecule has 0 aliphatic rings. The van der Waals surface area contributed by atoms with Crippen molar-refractivity contribution in [2.45, 2.75) is 26.5 Å². The summed E-state index contributed by atoms with van der Waals surface area (Å²) >= 11 is 0. The molecule has 0 saturated heterocycles. The molecule has 1 atom stereocenters. The largest absolute Gasteiger partial charge is 0.489 e. The first-order chi connectivity index (χ1) is 14.4. The lowest BCUT2D eigenvalue weighted by Crippen LogP contribution is -2.41. The minimum atomic E-state index is -0.0786. The summed E-state index contributed by atoms with van der Waals surface area (Å²) in [7, 11) is 5.14. The molecule has 0 spiro atoms. The van der Waals surface area contributed by atoms with Crippen LogP contribution in [-0.4, -0.2) is 57.2 Å². The molecule has 2 aromatic rings. The average Bonchev–Trinajstić information content (AvgIpc) is 2.74. The number of para-hydroxylation sites is 1. The van der Waals surface area contributed by atoms with E-state index in [1.54, 1.807) is 21.1 Å². The lowest BCUT2D eigenvalue weighted by Gasteiger charge is -2.19. The molecule has 0 aromatic heterocycles. The number of nitrogens with one attached hydrogen (secondary N) is 2. The van der Waals surface area contributed by atoms with Crippen LogP contribution in [0.1, 0.15) is 18.1 Å². The van der Waals surface area contributed by atoms with E-state index in [1.165, 1.54) is 4.90 Å². The second kappa shape index (κ2) is 11.7. The van der Waals surface area contributed by atoms with E-state index in [9.17, 15) is 4.79 Å². The van der Waals surface area contributed by atoms with Crippen LogP contribution in [-0.2, 0) is 11.3 Å². The van der Waals surface area contributed by atoms with E-state index in [4.69, 9.17) is 9.47 Å².